The van der Waals surface area contributed by atoms with Crippen LogP contribution in [-0.4, -0.2) is 27.7 Å². The molecular weight excluding hydrogens is 264 g/mol. The smallest absolute Gasteiger partial charge is 0.215 e. The van der Waals surface area contributed by atoms with Crippen molar-refractivity contribution in [2.75, 3.05) is 18.9 Å². The maximum absolute atomic E-state index is 12.0. The maximum atomic E-state index is 12.0. The van der Waals surface area contributed by atoms with Crippen LogP contribution in [0.15, 0.2) is 24.3 Å². The van der Waals surface area contributed by atoms with E-state index in [0.717, 1.165) is 25.9 Å². The highest BCUT2D eigenvalue weighted by molar-refractivity contribution is 7.88. The van der Waals surface area contributed by atoms with Crippen LogP contribution in [0.2, 0.25) is 0 Å². The topological polar surface area (TPSA) is 81.4 Å². The van der Waals surface area contributed by atoms with E-state index >= 15 is 0 Å². The molecule has 1 aliphatic rings. The number of rotatable bonds is 5. The number of hydrogen-bond acceptors (Lipinski definition) is 4. The first-order valence-electron chi connectivity index (χ1n) is 6.49. The van der Waals surface area contributed by atoms with Crippen molar-refractivity contribution >= 4 is 15.7 Å². The van der Waals surface area contributed by atoms with Crippen molar-refractivity contribution in [3.05, 3.63) is 29.8 Å². The Labute approximate surface area is 114 Å². The Morgan fingerprint density at radius 3 is 2.79 bits per heavy atom. The lowest BCUT2D eigenvalue weighted by Crippen LogP contribution is -2.36. The summed E-state index contributed by atoms with van der Waals surface area (Å²) in [5.74, 6) is -0.0909. The lowest BCUT2D eigenvalue weighted by atomic mass is 10.1. The van der Waals surface area contributed by atoms with E-state index in [1.165, 1.54) is 0 Å². The van der Waals surface area contributed by atoms with Crippen LogP contribution in [0.4, 0.5) is 5.69 Å². The number of nitrogen functional groups attached to an aromatic ring is 1. The van der Waals surface area contributed by atoms with Gasteiger partial charge in [-0.2, -0.15) is 0 Å². The fraction of sp³-hybridized carbons (Fsp3) is 0.538. The Kier molecular flexibility index (Phi) is 4.79. The molecule has 0 amide bonds. The van der Waals surface area contributed by atoms with E-state index in [2.05, 4.69) is 4.72 Å². The molecule has 1 atom stereocenters. The number of ether oxygens (including phenoxy) is 1. The first-order chi connectivity index (χ1) is 9.07. The summed E-state index contributed by atoms with van der Waals surface area (Å²) < 4.78 is 32.0. The molecule has 0 bridgehead atoms. The van der Waals surface area contributed by atoms with Crippen LogP contribution in [0.25, 0.3) is 0 Å². The van der Waals surface area contributed by atoms with Crippen LogP contribution in [0.5, 0.6) is 0 Å². The molecule has 1 aliphatic heterocycles. The summed E-state index contributed by atoms with van der Waals surface area (Å²) in [5.41, 5.74) is 6.88. The normalized spacial score (nSPS) is 20.3. The van der Waals surface area contributed by atoms with Gasteiger partial charge in [0.15, 0.2) is 0 Å². The van der Waals surface area contributed by atoms with Crippen molar-refractivity contribution in [2.45, 2.75) is 31.1 Å². The zero-order chi connectivity index (χ0) is 13.7. The molecule has 1 unspecified atom stereocenters. The average molecular weight is 284 g/mol. The highest BCUT2D eigenvalue weighted by atomic mass is 32.2. The summed E-state index contributed by atoms with van der Waals surface area (Å²) in [7, 11) is -3.37. The van der Waals surface area contributed by atoms with E-state index in [1.54, 1.807) is 24.3 Å². The molecule has 0 aromatic heterocycles. The number of para-hydroxylation sites is 1. The SMILES string of the molecule is Nc1ccccc1CS(=O)(=O)NCC1CCCCO1. The molecule has 1 aromatic carbocycles. The standard InChI is InChI=1S/C13H20N2O3S/c14-13-7-2-1-5-11(13)10-19(16,17)15-9-12-6-3-4-8-18-12/h1-2,5,7,12,15H,3-4,6,8-10,14H2. The van der Waals surface area contributed by atoms with E-state index in [9.17, 15) is 8.42 Å². The number of anilines is 1. The minimum absolute atomic E-state index is 0.00311. The first-order valence-corrected chi connectivity index (χ1v) is 8.14. The Bertz CT molecular complexity index is 510. The molecule has 19 heavy (non-hydrogen) atoms. The quantitative estimate of drug-likeness (QED) is 0.798. The highest BCUT2D eigenvalue weighted by Gasteiger charge is 2.18. The Morgan fingerprint density at radius 2 is 2.11 bits per heavy atom. The van der Waals surface area contributed by atoms with Crippen LogP contribution >= 0.6 is 0 Å². The van der Waals surface area contributed by atoms with Gasteiger partial charge in [0, 0.05) is 18.8 Å². The molecule has 1 fully saturated rings. The summed E-state index contributed by atoms with van der Waals surface area (Å²) in [6.07, 6.45) is 3.06. The maximum Gasteiger partial charge on any atom is 0.215 e. The van der Waals surface area contributed by atoms with Crippen LogP contribution in [0, 0.1) is 0 Å². The van der Waals surface area contributed by atoms with Gasteiger partial charge in [0.05, 0.1) is 11.9 Å². The van der Waals surface area contributed by atoms with Gasteiger partial charge < -0.3 is 10.5 Å². The van der Waals surface area contributed by atoms with Gasteiger partial charge in [0.25, 0.3) is 0 Å². The Hall–Kier alpha value is -1.11. The van der Waals surface area contributed by atoms with Gasteiger partial charge in [0.2, 0.25) is 10.0 Å². The zero-order valence-electron chi connectivity index (χ0n) is 10.8. The second-order valence-electron chi connectivity index (χ2n) is 4.79. The molecule has 0 spiro atoms. The fourth-order valence-corrected chi connectivity index (χ4v) is 3.32. The molecule has 0 radical (unpaired) electrons. The summed E-state index contributed by atoms with van der Waals surface area (Å²) in [6.45, 7) is 1.06. The van der Waals surface area contributed by atoms with Crippen molar-refractivity contribution in [2.24, 2.45) is 0 Å². The van der Waals surface area contributed by atoms with Crippen LogP contribution in [-0.2, 0) is 20.5 Å². The molecule has 6 heteroatoms. The van der Waals surface area contributed by atoms with Crippen molar-refractivity contribution < 1.29 is 13.2 Å². The van der Waals surface area contributed by atoms with Gasteiger partial charge >= 0.3 is 0 Å². The summed E-state index contributed by atoms with van der Waals surface area (Å²) in [4.78, 5) is 0. The van der Waals surface area contributed by atoms with E-state index < -0.39 is 10.0 Å². The van der Waals surface area contributed by atoms with E-state index in [1.807, 2.05) is 0 Å². The summed E-state index contributed by atoms with van der Waals surface area (Å²) >= 11 is 0. The van der Waals surface area contributed by atoms with E-state index in [-0.39, 0.29) is 11.9 Å². The first kappa shape index (κ1) is 14.3. The molecule has 3 N–H and O–H groups in total. The fourth-order valence-electron chi connectivity index (χ4n) is 2.11. The average Bonchev–Trinajstić information content (AvgIpc) is 2.40. The monoisotopic (exact) mass is 284 g/mol. The number of benzene rings is 1. The molecule has 5 nitrogen and oxygen atoms in total. The summed E-state index contributed by atoms with van der Waals surface area (Å²) in [5, 5.41) is 0. The minimum Gasteiger partial charge on any atom is -0.398 e. The van der Waals surface area contributed by atoms with Gasteiger partial charge in [0.1, 0.15) is 0 Å². The van der Waals surface area contributed by atoms with Crippen LogP contribution in [0.3, 0.4) is 0 Å². The molecule has 1 saturated heterocycles. The van der Waals surface area contributed by atoms with Crippen molar-refractivity contribution in [3.63, 3.8) is 0 Å². The molecule has 106 valence electrons. The molecule has 1 aromatic rings. The van der Waals surface area contributed by atoms with Crippen molar-refractivity contribution in [1.29, 1.82) is 0 Å². The van der Waals surface area contributed by atoms with Crippen LogP contribution in [0.1, 0.15) is 24.8 Å². The van der Waals surface area contributed by atoms with Gasteiger partial charge in [-0.05, 0) is 30.9 Å². The van der Waals surface area contributed by atoms with Crippen molar-refractivity contribution in [3.8, 4) is 0 Å². The third-order valence-corrected chi connectivity index (χ3v) is 4.50. The third kappa shape index (κ3) is 4.49. The summed E-state index contributed by atoms with van der Waals surface area (Å²) in [6, 6.07) is 7.00. The van der Waals surface area contributed by atoms with Gasteiger partial charge in [-0.15, -0.1) is 0 Å². The van der Waals surface area contributed by atoms with Crippen LogP contribution < -0.4 is 10.5 Å². The number of hydrogen-bond donors (Lipinski definition) is 2. The van der Waals surface area contributed by atoms with E-state index in [4.69, 9.17) is 10.5 Å². The molecule has 2 rings (SSSR count). The Balaban J connectivity index is 1.90. The molecule has 0 aliphatic carbocycles. The number of nitrogens with two attached hydrogens (primary N) is 1. The van der Waals surface area contributed by atoms with Gasteiger partial charge in [-0.1, -0.05) is 18.2 Å². The second-order valence-corrected chi connectivity index (χ2v) is 6.60. The lowest BCUT2D eigenvalue weighted by Gasteiger charge is -2.22. The zero-order valence-corrected chi connectivity index (χ0v) is 11.7. The molecule has 1 heterocycles. The predicted octanol–water partition coefficient (Wildman–Crippen LogP) is 1.26. The third-order valence-electron chi connectivity index (χ3n) is 3.21. The molecule has 0 saturated carbocycles. The van der Waals surface area contributed by atoms with E-state index in [0.29, 0.717) is 17.8 Å². The lowest BCUT2D eigenvalue weighted by molar-refractivity contribution is 0.0200. The predicted molar refractivity (Wildman–Crippen MR) is 75.1 cm³/mol. The van der Waals surface area contributed by atoms with Crippen molar-refractivity contribution in [1.82, 2.24) is 4.72 Å². The number of sulfonamides is 1. The molecular formula is C13H20N2O3S. The Morgan fingerprint density at radius 1 is 1.32 bits per heavy atom. The van der Waals surface area contributed by atoms with Gasteiger partial charge in [-0.25, -0.2) is 13.1 Å². The number of nitrogens with one attached hydrogen (secondary N) is 1. The second kappa shape index (κ2) is 6.36. The van der Waals surface area contributed by atoms with Gasteiger partial charge in [-0.3, -0.25) is 0 Å². The highest BCUT2D eigenvalue weighted by Crippen LogP contribution is 2.15. The minimum atomic E-state index is -3.37. The largest absolute Gasteiger partial charge is 0.398 e.